The summed E-state index contributed by atoms with van der Waals surface area (Å²) < 4.78 is 0. The Morgan fingerprint density at radius 2 is 2.09 bits per heavy atom. The lowest BCUT2D eigenvalue weighted by Crippen LogP contribution is -2.55. The maximum Gasteiger partial charge on any atom is 0.169 e. The van der Waals surface area contributed by atoms with Crippen LogP contribution in [0.4, 0.5) is 5.82 Å². The van der Waals surface area contributed by atoms with Crippen LogP contribution in [0.3, 0.4) is 0 Å². The van der Waals surface area contributed by atoms with Crippen molar-refractivity contribution in [2.45, 2.75) is 46.3 Å². The molecule has 2 heterocycles. The number of nitrogens with zero attached hydrogens (tertiary/aromatic N) is 5. The summed E-state index contributed by atoms with van der Waals surface area (Å²) in [5, 5.41) is 27.5. The summed E-state index contributed by atoms with van der Waals surface area (Å²) in [6, 6.07) is 2.64. The highest BCUT2D eigenvalue weighted by molar-refractivity contribution is 5.57. The minimum atomic E-state index is -0.323. The Bertz CT molecular complexity index is 566. The zero-order valence-corrected chi connectivity index (χ0v) is 13.9. The first-order chi connectivity index (χ1) is 10.5. The van der Waals surface area contributed by atoms with Crippen LogP contribution in [-0.4, -0.2) is 58.5 Å². The summed E-state index contributed by atoms with van der Waals surface area (Å²) >= 11 is 0. The highest BCUT2D eigenvalue weighted by Crippen LogP contribution is 2.24. The molecule has 6 heteroatoms. The van der Waals surface area contributed by atoms with Gasteiger partial charge in [0.05, 0.1) is 11.8 Å². The third kappa shape index (κ3) is 3.37. The first-order valence-corrected chi connectivity index (χ1v) is 7.88. The molecule has 1 aliphatic heterocycles. The average Bonchev–Trinajstić information content (AvgIpc) is 2.49. The molecule has 22 heavy (non-hydrogen) atoms. The Morgan fingerprint density at radius 3 is 2.68 bits per heavy atom. The molecule has 0 saturated carbocycles. The summed E-state index contributed by atoms with van der Waals surface area (Å²) in [5.41, 5.74) is 2.35. The summed E-state index contributed by atoms with van der Waals surface area (Å²) in [6.07, 6.45) is 0.681. The highest BCUT2D eigenvalue weighted by atomic mass is 16.3. The predicted octanol–water partition coefficient (Wildman–Crippen LogP) is 1.25. The molecular formula is C16H25N5O. The Balaban J connectivity index is 2.22. The summed E-state index contributed by atoms with van der Waals surface area (Å²) in [6.45, 7) is 10.9. The molecule has 2 rings (SSSR count). The lowest BCUT2D eigenvalue weighted by atomic mass is 10.1. The molecule has 6 nitrogen and oxygen atoms in total. The maximum absolute atomic E-state index is 9.63. The molecule has 0 unspecified atom stereocenters. The van der Waals surface area contributed by atoms with Crippen LogP contribution >= 0.6 is 0 Å². The van der Waals surface area contributed by atoms with Gasteiger partial charge >= 0.3 is 0 Å². The zero-order valence-electron chi connectivity index (χ0n) is 13.9. The molecule has 2 atom stereocenters. The van der Waals surface area contributed by atoms with Crippen molar-refractivity contribution in [2.75, 3.05) is 31.1 Å². The second kappa shape index (κ2) is 7.03. The van der Waals surface area contributed by atoms with E-state index in [0.29, 0.717) is 24.0 Å². The molecule has 1 aromatic rings. The van der Waals surface area contributed by atoms with Gasteiger partial charge in [-0.05, 0) is 32.8 Å². The van der Waals surface area contributed by atoms with Crippen molar-refractivity contribution < 1.29 is 5.11 Å². The van der Waals surface area contributed by atoms with Crippen molar-refractivity contribution in [1.29, 1.82) is 5.26 Å². The minimum absolute atomic E-state index is 0.323. The number of aliphatic hydroxyl groups is 1. The summed E-state index contributed by atoms with van der Waals surface area (Å²) in [4.78, 5) is 4.48. The highest BCUT2D eigenvalue weighted by Gasteiger charge is 2.29. The molecule has 1 fully saturated rings. The van der Waals surface area contributed by atoms with E-state index in [1.54, 1.807) is 0 Å². The Labute approximate surface area is 132 Å². The van der Waals surface area contributed by atoms with Crippen LogP contribution in [0.25, 0.3) is 0 Å². The second-order valence-corrected chi connectivity index (χ2v) is 6.07. The van der Waals surface area contributed by atoms with E-state index in [0.717, 1.165) is 37.3 Å². The fourth-order valence-electron chi connectivity index (χ4n) is 3.00. The van der Waals surface area contributed by atoms with Gasteiger partial charge in [-0.3, -0.25) is 4.90 Å². The molecule has 0 aliphatic carbocycles. The van der Waals surface area contributed by atoms with E-state index >= 15 is 0 Å². The van der Waals surface area contributed by atoms with E-state index in [4.69, 9.17) is 0 Å². The molecule has 1 saturated heterocycles. The third-order valence-corrected chi connectivity index (χ3v) is 4.42. The molecule has 1 aromatic heterocycles. The lowest BCUT2D eigenvalue weighted by Gasteiger charge is -2.42. The number of rotatable bonds is 4. The van der Waals surface area contributed by atoms with E-state index in [2.05, 4.69) is 33.0 Å². The van der Waals surface area contributed by atoms with Crippen molar-refractivity contribution in [3.63, 3.8) is 0 Å². The first-order valence-electron chi connectivity index (χ1n) is 7.88. The standard InChI is InChI=1S/C16H25N5O/c1-5-14-10-21(7-6-20(14)9-11(2)22)16-15(8-17)12(3)13(4)18-19-16/h11,14,22H,5-7,9-10H2,1-4H3/t11-,14+/m0/s1. The number of hydrogen-bond donors (Lipinski definition) is 1. The molecule has 0 spiro atoms. The van der Waals surface area contributed by atoms with Gasteiger partial charge in [-0.15, -0.1) is 5.10 Å². The van der Waals surface area contributed by atoms with Crippen molar-refractivity contribution in [3.05, 3.63) is 16.8 Å². The van der Waals surface area contributed by atoms with Gasteiger partial charge in [0.1, 0.15) is 11.6 Å². The van der Waals surface area contributed by atoms with Crippen LogP contribution in [0, 0.1) is 25.2 Å². The Kier molecular flexibility index (Phi) is 5.33. The van der Waals surface area contributed by atoms with Crippen molar-refractivity contribution >= 4 is 5.82 Å². The van der Waals surface area contributed by atoms with Gasteiger partial charge in [-0.1, -0.05) is 6.92 Å². The Hall–Kier alpha value is -1.71. The van der Waals surface area contributed by atoms with Crippen LogP contribution < -0.4 is 4.90 Å². The largest absolute Gasteiger partial charge is 0.392 e. The number of β-amino-alcohol motifs (C(OH)–C–C–N with tert-alkyl or cyclic N) is 1. The van der Waals surface area contributed by atoms with Gasteiger partial charge in [-0.25, -0.2) is 0 Å². The number of anilines is 1. The molecular weight excluding hydrogens is 278 g/mol. The van der Waals surface area contributed by atoms with Crippen molar-refractivity contribution in [1.82, 2.24) is 15.1 Å². The van der Waals surface area contributed by atoms with Crippen LogP contribution in [0.2, 0.25) is 0 Å². The molecule has 0 radical (unpaired) electrons. The fraction of sp³-hybridized carbons (Fsp3) is 0.688. The van der Waals surface area contributed by atoms with Crippen molar-refractivity contribution in [3.8, 4) is 6.07 Å². The predicted molar refractivity (Wildman–Crippen MR) is 85.8 cm³/mol. The van der Waals surface area contributed by atoms with Crippen molar-refractivity contribution in [2.24, 2.45) is 0 Å². The van der Waals surface area contributed by atoms with E-state index < -0.39 is 0 Å². The number of hydrogen-bond acceptors (Lipinski definition) is 6. The normalized spacial score (nSPS) is 20.7. The number of piperazine rings is 1. The van der Waals surface area contributed by atoms with E-state index in [1.807, 2.05) is 20.8 Å². The molecule has 0 aromatic carbocycles. The topological polar surface area (TPSA) is 76.3 Å². The van der Waals surface area contributed by atoms with Crippen LogP contribution in [-0.2, 0) is 0 Å². The third-order valence-electron chi connectivity index (χ3n) is 4.42. The van der Waals surface area contributed by atoms with E-state index in [-0.39, 0.29) is 6.10 Å². The number of aryl methyl sites for hydroxylation is 1. The average molecular weight is 303 g/mol. The fourth-order valence-corrected chi connectivity index (χ4v) is 3.00. The van der Waals surface area contributed by atoms with Gasteiger partial charge in [0, 0.05) is 32.2 Å². The monoisotopic (exact) mass is 303 g/mol. The molecule has 0 amide bonds. The van der Waals surface area contributed by atoms with Gasteiger partial charge < -0.3 is 10.0 Å². The number of nitriles is 1. The summed E-state index contributed by atoms with van der Waals surface area (Å²) in [5.74, 6) is 0.695. The SMILES string of the molecule is CC[C@@H]1CN(c2nnc(C)c(C)c2C#N)CCN1C[C@H](C)O. The first kappa shape index (κ1) is 16.7. The number of aromatic nitrogens is 2. The molecule has 1 aliphatic rings. The van der Waals surface area contributed by atoms with Crippen LogP contribution in [0.5, 0.6) is 0 Å². The van der Waals surface area contributed by atoms with Gasteiger partial charge in [-0.2, -0.15) is 10.4 Å². The smallest absolute Gasteiger partial charge is 0.169 e. The molecule has 120 valence electrons. The quantitative estimate of drug-likeness (QED) is 0.902. The van der Waals surface area contributed by atoms with Gasteiger partial charge in [0.2, 0.25) is 0 Å². The van der Waals surface area contributed by atoms with Gasteiger partial charge in [0.25, 0.3) is 0 Å². The van der Waals surface area contributed by atoms with E-state index in [9.17, 15) is 10.4 Å². The van der Waals surface area contributed by atoms with Crippen LogP contribution in [0.1, 0.15) is 37.1 Å². The number of aliphatic hydroxyl groups excluding tert-OH is 1. The van der Waals surface area contributed by atoms with E-state index in [1.165, 1.54) is 0 Å². The minimum Gasteiger partial charge on any atom is -0.392 e. The molecule has 0 bridgehead atoms. The molecule has 1 N–H and O–H groups in total. The maximum atomic E-state index is 9.63. The van der Waals surface area contributed by atoms with Gasteiger partial charge in [0.15, 0.2) is 5.82 Å². The summed E-state index contributed by atoms with van der Waals surface area (Å²) in [7, 11) is 0. The Morgan fingerprint density at radius 1 is 1.36 bits per heavy atom. The van der Waals surface area contributed by atoms with Crippen LogP contribution in [0.15, 0.2) is 0 Å². The second-order valence-electron chi connectivity index (χ2n) is 6.07. The zero-order chi connectivity index (χ0) is 16.3. The lowest BCUT2D eigenvalue weighted by molar-refractivity contribution is 0.0884.